The van der Waals surface area contributed by atoms with Crippen LogP contribution in [0.3, 0.4) is 0 Å². The number of carbonyl (C=O) groups excluding carboxylic acids is 3. The van der Waals surface area contributed by atoms with Gasteiger partial charge >= 0.3 is 5.97 Å². The molecule has 1 aromatic heterocycles. The summed E-state index contributed by atoms with van der Waals surface area (Å²) < 4.78 is 6.82. The quantitative estimate of drug-likeness (QED) is 0.595. The third kappa shape index (κ3) is 5.16. The number of nitrogens with zero attached hydrogens (tertiary/aromatic N) is 2. The highest BCUT2D eigenvalue weighted by Crippen LogP contribution is 2.19. The number of ether oxygens (including phenoxy) is 1. The number of rotatable bonds is 6. The molecular weight excluding hydrogens is 396 g/mol. The van der Waals surface area contributed by atoms with E-state index in [-0.39, 0.29) is 11.5 Å². The average Bonchev–Trinajstić information content (AvgIpc) is 2.98. The smallest absolute Gasteiger partial charge is 0.340 e. The van der Waals surface area contributed by atoms with E-state index in [0.29, 0.717) is 22.6 Å². The van der Waals surface area contributed by atoms with Crippen molar-refractivity contribution in [1.29, 1.82) is 0 Å². The number of hydrogen-bond donors (Lipinski definition) is 2. The van der Waals surface area contributed by atoms with Gasteiger partial charge in [-0.15, -0.1) is 0 Å². The van der Waals surface area contributed by atoms with Crippen LogP contribution in [0.15, 0.2) is 48.5 Å². The fourth-order valence-corrected chi connectivity index (χ4v) is 3.09. The first kappa shape index (κ1) is 21.8. The molecule has 0 aliphatic rings. The number of benzene rings is 2. The number of anilines is 2. The van der Waals surface area contributed by atoms with Crippen LogP contribution in [0, 0.1) is 20.8 Å². The Labute approximate surface area is 180 Å². The van der Waals surface area contributed by atoms with Gasteiger partial charge in [-0.1, -0.05) is 29.8 Å². The molecule has 2 amide bonds. The van der Waals surface area contributed by atoms with E-state index in [9.17, 15) is 14.4 Å². The summed E-state index contributed by atoms with van der Waals surface area (Å²) in [6, 6.07) is 13.6. The monoisotopic (exact) mass is 420 g/mol. The van der Waals surface area contributed by atoms with E-state index in [4.69, 9.17) is 4.74 Å². The molecule has 0 radical (unpaired) electrons. The van der Waals surface area contributed by atoms with Crippen molar-refractivity contribution >= 4 is 29.2 Å². The molecule has 0 saturated heterocycles. The maximum atomic E-state index is 12.6. The van der Waals surface area contributed by atoms with Crippen LogP contribution in [-0.4, -0.2) is 34.2 Å². The van der Waals surface area contributed by atoms with Crippen molar-refractivity contribution in [3.63, 3.8) is 0 Å². The van der Waals surface area contributed by atoms with Crippen molar-refractivity contribution in [2.75, 3.05) is 17.2 Å². The van der Waals surface area contributed by atoms with Gasteiger partial charge in [0.1, 0.15) is 0 Å². The molecule has 0 fully saturated rings. The van der Waals surface area contributed by atoms with Gasteiger partial charge in [-0.3, -0.25) is 14.3 Å². The van der Waals surface area contributed by atoms with Crippen molar-refractivity contribution in [2.24, 2.45) is 7.05 Å². The predicted octanol–water partition coefficient (Wildman–Crippen LogP) is 3.39. The minimum atomic E-state index is -0.713. The van der Waals surface area contributed by atoms with Crippen LogP contribution >= 0.6 is 0 Å². The summed E-state index contributed by atoms with van der Waals surface area (Å²) in [7, 11) is 1.78. The minimum absolute atomic E-state index is 0.157. The number of esters is 1. The molecule has 31 heavy (non-hydrogen) atoms. The van der Waals surface area contributed by atoms with Crippen LogP contribution in [-0.2, 0) is 16.6 Å². The Morgan fingerprint density at radius 1 is 1.00 bits per heavy atom. The van der Waals surface area contributed by atoms with E-state index in [1.165, 1.54) is 6.07 Å². The highest BCUT2D eigenvalue weighted by molar-refractivity contribution is 6.08. The fraction of sp³-hybridized carbons (Fsp3) is 0.217. The molecule has 0 atom stereocenters. The molecule has 0 spiro atoms. The Hall–Kier alpha value is -3.94. The van der Waals surface area contributed by atoms with Crippen molar-refractivity contribution in [2.45, 2.75) is 20.8 Å². The van der Waals surface area contributed by atoms with E-state index in [1.54, 1.807) is 55.1 Å². The van der Waals surface area contributed by atoms with Crippen LogP contribution < -0.4 is 10.6 Å². The SMILES string of the molecule is Cc1cccc(C(=O)Nc2ccccc2C(=O)OCC(=O)Nc2c(C)nn(C)c2C)c1. The van der Waals surface area contributed by atoms with Crippen molar-refractivity contribution in [3.05, 3.63) is 76.6 Å². The van der Waals surface area contributed by atoms with Crippen molar-refractivity contribution in [1.82, 2.24) is 9.78 Å². The molecule has 0 bridgehead atoms. The highest BCUT2D eigenvalue weighted by atomic mass is 16.5. The molecule has 160 valence electrons. The number of para-hydroxylation sites is 1. The summed E-state index contributed by atoms with van der Waals surface area (Å²) in [6.07, 6.45) is 0. The van der Waals surface area contributed by atoms with Gasteiger partial charge in [-0.25, -0.2) is 4.79 Å². The van der Waals surface area contributed by atoms with Crippen molar-refractivity contribution < 1.29 is 19.1 Å². The molecule has 2 aromatic carbocycles. The second-order valence-electron chi connectivity index (χ2n) is 7.16. The Morgan fingerprint density at radius 3 is 2.42 bits per heavy atom. The zero-order chi connectivity index (χ0) is 22.5. The molecular formula is C23H24N4O4. The van der Waals surface area contributed by atoms with Gasteiger partial charge in [0.05, 0.1) is 28.3 Å². The standard InChI is InChI=1S/C23H24N4O4/c1-14-8-7-9-17(12-14)22(29)24-19-11-6-5-10-18(19)23(30)31-13-20(28)25-21-15(2)26-27(4)16(21)3/h5-12H,13H2,1-4H3,(H,24,29)(H,25,28). The van der Waals surface area contributed by atoms with E-state index >= 15 is 0 Å². The molecule has 3 rings (SSSR count). The molecule has 2 N–H and O–H groups in total. The maximum Gasteiger partial charge on any atom is 0.340 e. The lowest BCUT2D eigenvalue weighted by atomic mass is 10.1. The van der Waals surface area contributed by atoms with Crippen LogP contribution in [0.1, 0.15) is 37.7 Å². The second-order valence-corrected chi connectivity index (χ2v) is 7.16. The summed E-state index contributed by atoms with van der Waals surface area (Å²) in [4.78, 5) is 37.3. The summed E-state index contributed by atoms with van der Waals surface area (Å²) in [5, 5.41) is 9.67. The third-order valence-electron chi connectivity index (χ3n) is 4.78. The second kappa shape index (κ2) is 9.25. The van der Waals surface area contributed by atoms with Gasteiger partial charge in [0.15, 0.2) is 6.61 Å². The summed E-state index contributed by atoms with van der Waals surface area (Å²) >= 11 is 0. The number of nitrogens with one attached hydrogen (secondary N) is 2. The first-order chi connectivity index (χ1) is 14.8. The average molecular weight is 420 g/mol. The lowest BCUT2D eigenvalue weighted by molar-refractivity contribution is -0.119. The molecule has 8 heteroatoms. The predicted molar refractivity (Wildman–Crippen MR) is 117 cm³/mol. The maximum absolute atomic E-state index is 12.6. The zero-order valence-corrected chi connectivity index (χ0v) is 17.9. The number of carbonyl (C=O) groups is 3. The third-order valence-corrected chi connectivity index (χ3v) is 4.78. The van der Waals surface area contributed by atoms with E-state index < -0.39 is 18.5 Å². The van der Waals surface area contributed by atoms with Gasteiger partial charge in [0.25, 0.3) is 11.8 Å². The number of amides is 2. The first-order valence-electron chi connectivity index (χ1n) is 9.70. The van der Waals surface area contributed by atoms with Crippen LogP contribution in [0.5, 0.6) is 0 Å². The Bertz CT molecular complexity index is 1150. The lowest BCUT2D eigenvalue weighted by Crippen LogP contribution is -2.22. The van der Waals surface area contributed by atoms with Gasteiger partial charge < -0.3 is 15.4 Å². The van der Waals surface area contributed by atoms with E-state index in [1.807, 2.05) is 19.9 Å². The Kier molecular flexibility index (Phi) is 6.49. The number of aryl methyl sites for hydroxylation is 3. The van der Waals surface area contributed by atoms with Crippen LogP contribution in [0.2, 0.25) is 0 Å². The van der Waals surface area contributed by atoms with Crippen LogP contribution in [0.4, 0.5) is 11.4 Å². The van der Waals surface area contributed by atoms with Crippen LogP contribution in [0.25, 0.3) is 0 Å². The Morgan fingerprint density at radius 2 is 1.74 bits per heavy atom. The zero-order valence-electron chi connectivity index (χ0n) is 17.9. The minimum Gasteiger partial charge on any atom is -0.452 e. The van der Waals surface area contributed by atoms with Gasteiger partial charge in [-0.05, 0) is 45.0 Å². The molecule has 0 unspecified atom stereocenters. The normalized spacial score (nSPS) is 10.5. The highest BCUT2D eigenvalue weighted by Gasteiger charge is 2.18. The summed E-state index contributed by atoms with van der Waals surface area (Å²) in [5.74, 6) is -1.53. The summed E-state index contributed by atoms with van der Waals surface area (Å²) in [5.41, 5.74) is 3.94. The molecule has 1 heterocycles. The van der Waals surface area contributed by atoms with Gasteiger partial charge in [0.2, 0.25) is 0 Å². The Balaban J connectivity index is 1.65. The first-order valence-corrected chi connectivity index (χ1v) is 9.70. The van der Waals surface area contributed by atoms with E-state index in [0.717, 1.165) is 11.3 Å². The lowest BCUT2D eigenvalue weighted by Gasteiger charge is -2.11. The number of hydrogen-bond acceptors (Lipinski definition) is 5. The van der Waals surface area contributed by atoms with E-state index in [2.05, 4.69) is 15.7 Å². The largest absolute Gasteiger partial charge is 0.452 e. The topological polar surface area (TPSA) is 102 Å². The molecule has 0 aliphatic carbocycles. The number of aromatic nitrogens is 2. The molecule has 0 aliphatic heterocycles. The molecule has 3 aromatic rings. The fourth-order valence-electron chi connectivity index (χ4n) is 3.09. The summed E-state index contributed by atoms with van der Waals surface area (Å²) in [6.45, 7) is 5.03. The van der Waals surface area contributed by atoms with Gasteiger partial charge in [-0.2, -0.15) is 5.10 Å². The van der Waals surface area contributed by atoms with Crippen molar-refractivity contribution in [3.8, 4) is 0 Å². The van der Waals surface area contributed by atoms with Gasteiger partial charge in [0, 0.05) is 12.6 Å². The molecule has 0 saturated carbocycles. The molecule has 8 nitrogen and oxygen atoms in total.